The van der Waals surface area contributed by atoms with Crippen molar-refractivity contribution in [2.24, 2.45) is 12.0 Å². The fourth-order valence-electron chi connectivity index (χ4n) is 2.77. The molecule has 160 valence electrons. The number of thiazole rings is 1. The quantitative estimate of drug-likeness (QED) is 0.515. The van der Waals surface area contributed by atoms with Crippen molar-refractivity contribution < 1.29 is 17.9 Å². The molecule has 1 aliphatic rings. The lowest BCUT2D eigenvalue weighted by molar-refractivity contribution is -0.140. The summed E-state index contributed by atoms with van der Waals surface area (Å²) in [6.07, 6.45) is -1.89. The van der Waals surface area contributed by atoms with Crippen LogP contribution in [0.4, 0.5) is 13.2 Å². The third-order valence-electron chi connectivity index (χ3n) is 4.56. The number of hydrogen-bond donors (Lipinski definition) is 2. The number of alkyl halides is 3. The van der Waals surface area contributed by atoms with Crippen molar-refractivity contribution in [1.82, 2.24) is 30.4 Å². The molecule has 3 rings (SSSR count). The van der Waals surface area contributed by atoms with Crippen molar-refractivity contribution in [2.75, 3.05) is 19.7 Å². The third-order valence-corrected chi connectivity index (χ3v) is 5.46. The van der Waals surface area contributed by atoms with Gasteiger partial charge in [-0.1, -0.05) is 0 Å². The Kier molecular flexibility index (Phi) is 7.06. The maximum atomic E-state index is 12.7. The van der Waals surface area contributed by atoms with Crippen LogP contribution >= 0.6 is 11.3 Å². The van der Waals surface area contributed by atoms with Gasteiger partial charge in [-0.2, -0.15) is 13.2 Å². The lowest BCUT2D eigenvalue weighted by Crippen LogP contribution is -2.42. The zero-order chi connectivity index (χ0) is 20.9. The van der Waals surface area contributed by atoms with Crippen molar-refractivity contribution in [2.45, 2.75) is 45.0 Å². The number of aliphatic imine (C=N–C) groups is 1. The van der Waals surface area contributed by atoms with E-state index < -0.39 is 11.9 Å². The minimum atomic E-state index is -4.41. The molecule has 8 nitrogen and oxygen atoms in total. The first-order valence-electron chi connectivity index (χ1n) is 9.33. The lowest BCUT2D eigenvalue weighted by atomic mass is 10.2. The summed E-state index contributed by atoms with van der Waals surface area (Å²) < 4.78 is 45.5. The number of nitrogens with one attached hydrogen (secondary N) is 2. The van der Waals surface area contributed by atoms with Gasteiger partial charge in [0.2, 0.25) is 0 Å². The van der Waals surface area contributed by atoms with E-state index in [4.69, 9.17) is 4.74 Å². The molecule has 0 amide bonds. The van der Waals surface area contributed by atoms with Crippen molar-refractivity contribution in [3.63, 3.8) is 0 Å². The Morgan fingerprint density at radius 2 is 2.21 bits per heavy atom. The molecule has 1 atom stereocenters. The second-order valence-electron chi connectivity index (χ2n) is 6.70. The Bertz CT molecular complexity index is 827. The minimum Gasteiger partial charge on any atom is -0.376 e. The van der Waals surface area contributed by atoms with E-state index in [1.54, 1.807) is 0 Å². The fraction of sp³-hybridized carbons (Fsp3) is 0.647. The summed E-state index contributed by atoms with van der Waals surface area (Å²) in [6.45, 7) is 3.96. The molecule has 1 fully saturated rings. The summed E-state index contributed by atoms with van der Waals surface area (Å²) in [5, 5.41) is 15.9. The van der Waals surface area contributed by atoms with Gasteiger partial charge < -0.3 is 19.9 Å². The number of nitrogens with zero attached hydrogens (tertiary/aromatic N) is 5. The maximum absolute atomic E-state index is 12.7. The molecule has 0 spiro atoms. The van der Waals surface area contributed by atoms with E-state index in [1.807, 2.05) is 18.5 Å². The number of rotatable bonds is 7. The van der Waals surface area contributed by atoms with Gasteiger partial charge in [0.25, 0.3) is 0 Å². The smallest absolute Gasteiger partial charge is 0.376 e. The maximum Gasteiger partial charge on any atom is 0.434 e. The van der Waals surface area contributed by atoms with Crippen LogP contribution < -0.4 is 10.6 Å². The number of aromatic nitrogens is 4. The summed E-state index contributed by atoms with van der Waals surface area (Å²) in [5.41, 5.74) is -0.847. The number of halogens is 3. The van der Waals surface area contributed by atoms with Crippen LogP contribution in [0.15, 0.2) is 10.4 Å². The second kappa shape index (κ2) is 9.53. The van der Waals surface area contributed by atoms with Crippen molar-refractivity contribution >= 4 is 17.3 Å². The Morgan fingerprint density at radius 3 is 2.83 bits per heavy atom. The van der Waals surface area contributed by atoms with E-state index in [0.717, 1.165) is 47.8 Å². The van der Waals surface area contributed by atoms with Crippen molar-refractivity contribution in [3.8, 4) is 0 Å². The topological polar surface area (TPSA) is 89.2 Å². The Morgan fingerprint density at radius 1 is 1.38 bits per heavy atom. The summed E-state index contributed by atoms with van der Waals surface area (Å²) in [6, 6.07) is 0. The normalized spacial score (nSPS) is 17.7. The molecular formula is C17H24F3N7OS. The summed E-state index contributed by atoms with van der Waals surface area (Å²) in [4.78, 5) is 8.17. The van der Waals surface area contributed by atoms with Crippen LogP contribution in [0.2, 0.25) is 0 Å². The molecule has 3 heterocycles. The highest BCUT2D eigenvalue weighted by Gasteiger charge is 2.33. The van der Waals surface area contributed by atoms with Gasteiger partial charge in [-0.3, -0.25) is 0 Å². The highest BCUT2D eigenvalue weighted by molar-refractivity contribution is 7.09. The SMILES string of the molecule is Cc1nnc(CN=C(NCCc2nc(C(F)(F)F)cs2)NCC2CCCO2)n1C. The number of guanidine groups is 1. The predicted molar refractivity (Wildman–Crippen MR) is 103 cm³/mol. The van der Waals surface area contributed by atoms with Crippen LogP contribution in [0.1, 0.15) is 35.2 Å². The summed E-state index contributed by atoms with van der Waals surface area (Å²) >= 11 is 1.00. The molecular weight excluding hydrogens is 407 g/mol. The Balaban J connectivity index is 1.57. The first kappa shape index (κ1) is 21.5. The molecule has 1 saturated heterocycles. The van der Waals surface area contributed by atoms with Crippen LogP contribution in [0.3, 0.4) is 0 Å². The molecule has 1 aliphatic heterocycles. The molecule has 1 unspecified atom stereocenters. The van der Waals surface area contributed by atoms with Gasteiger partial charge in [0.05, 0.1) is 11.1 Å². The fourth-order valence-corrected chi connectivity index (χ4v) is 3.58. The van der Waals surface area contributed by atoms with Gasteiger partial charge >= 0.3 is 6.18 Å². The monoisotopic (exact) mass is 431 g/mol. The zero-order valence-corrected chi connectivity index (χ0v) is 17.1. The van der Waals surface area contributed by atoms with Gasteiger partial charge in [0.15, 0.2) is 17.5 Å². The van der Waals surface area contributed by atoms with Crippen LogP contribution in [0, 0.1) is 6.92 Å². The summed E-state index contributed by atoms with van der Waals surface area (Å²) in [5.74, 6) is 2.06. The molecule has 2 aromatic heterocycles. The van der Waals surface area contributed by atoms with Gasteiger partial charge in [0, 0.05) is 38.5 Å². The highest BCUT2D eigenvalue weighted by atomic mass is 32.1. The first-order valence-corrected chi connectivity index (χ1v) is 10.2. The van der Waals surface area contributed by atoms with Gasteiger partial charge in [-0.05, 0) is 19.8 Å². The van der Waals surface area contributed by atoms with Crippen LogP contribution in [-0.4, -0.2) is 51.5 Å². The molecule has 0 aromatic carbocycles. The Labute approximate surface area is 170 Å². The second-order valence-corrected chi connectivity index (χ2v) is 7.65. The van der Waals surface area contributed by atoms with E-state index in [2.05, 4.69) is 30.8 Å². The lowest BCUT2D eigenvalue weighted by Gasteiger charge is -2.15. The Hall–Kier alpha value is -2.21. The molecule has 0 aliphatic carbocycles. The molecule has 2 aromatic rings. The van der Waals surface area contributed by atoms with E-state index in [9.17, 15) is 13.2 Å². The minimum absolute atomic E-state index is 0.132. The van der Waals surface area contributed by atoms with Gasteiger partial charge in [-0.25, -0.2) is 9.98 Å². The van der Waals surface area contributed by atoms with E-state index in [0.29, 0.717) is 37.0 Å². The average molecular weight is 431 g/mol. The molecule has 12 heteroatoms. The van der Waals surface area contributed by atoms with Crippen LogP contribution in [-0.2, 0) is 30.9 Å². The van der Waals surface area contributed by atoms with E-state index in [-0.39, 0.29) is 6.10 Å². The zero-order valence-electron chi connectivity index (χ0n) is 16.3. The van der Waals surface area contributed by atoms with Crippen LogP contribution in [0.25, 0.3) is 0 Å². The molecule has 0 saturated carbocycles. The number of aryl methyl sites for hydroxylation is 1. The highest BCUT2D eigenvalue weighted by Crippen LogP contribution is 2.30. The van der Waals surface area contributed by atoms with E-state index >= 15 is 0 Å². The number of ether oxygens (including phenoxy) is 1. The third kappa shape index (κ3) is 6.13. The van der Waals surface area contributed by atoms with Crippen LogP contribution in [0.5, 0.6) is 0 Å². The largest absolute Gasteiger partial charge is 0.434 e. The molecule has 2 N–H and O–H groups in total. The molecule has 0 radical (unpaired) electrons. The molecule has 29 heavy (non-hydrogen) atoms. The first-order chi connectivity index (χ1) is 13.8. The predicted octanol–water partition coefficient (Wildman–Crippen LogP) is 2.06. The van der Waals surface area contributed by atoms with Crippen molar-refractivity contribution in [1.29, 1.82) is 0 Å². The standard InChI is InChI=1S/C17H24F3N7OS/c1-11-25-26-14(27(11)2)9-23-16(22-8-12-4-3-7-28-12)21-6-5-15-24-13(10-29-15)17(18,19)20/h10,12H,3-9H2,1-2H3,(H2,21,22,23). The average Bonchev–Trinajstić information content (AvgIpc) is 3.41. The van der Waals surface area contributed by atoms with E-state index in [1.165, 1.54) is 0 Å². The van der Waals surface area contributed by atoms with Gasteiger partial charge in [0.1, 0.15) is 12.4 Å². The van der Waals surface area contributed by atoms with Crippen molar-refractivity contribution in [3.05, 3.63) is 27.7 Å². The summed E-state index contributed by atoms with van der Waals surface area (Å²) in [7, 11) is 1.87. The van der Waals surface area contributed by atoms with Gasteiger partial charge in [-0.15, -0.1) is 21.5 Å². The number of hydrogen-bond acceptors (Lipinski definition) is 6. The molecule has 0 bridgehead atoms.